The van der Waals surface area contributed by atoms with Crippen LogP contribution in [-0.4, -0.2) is 13.1 Å². The van der Waals surface area contributed by atoms with Crippen molar-refractivity contribution >= 4 is 17.6 Å². The average molecular weight is 344 g/mol. The van der Waals surface area contributed by atoms with Crippen LogP contribution in [0.3, 0.4) is 0 Å². The maximum Gasteiger partial charge on any atom is 0.305 e. The van der Waals surface area contributed by atoms with Crippen LogP contribution < -0.4 is 0 Å². The van der Waals surface area contributed by atoms with Crippen LogP contribution in [0.25, 0.3) is 10.4 Å². The zero-order chi connectivity index (χ0) is 17.4. The van der Waals surface area contributed by atoms with Crippen LogP contribution in [0.5, 0.6) is 0 Å². The molecule has 2 aromatic rings. The van der Waals surface area contributed by atoms with Gasteiger partial charge in [-0.3, -0.25) is 4.79 Å². The van der Waals surface area contributed by atoms with Crippen molar-refractivity contribution in [3.05, 3.63) is 80.7 Å². The van der Waals surface area contributed by atoms with Gasteiger partial charge in [-0.05, 0) is 47.2 Å². The molecule has 0 spiro atoms. The summed E-state index contributed by atoms with van der Waals surface area (Å²) in [5, 5.41) is 4.54. The molecule has 5 nitrogen and oxygen atoms in total. The third kappa shape index (κ3) is 5.01. The standard InChI is InChI=1S/C18H18ClN3O2/c1-24-17(23)4-2-3-13-5-7-14(8-6-13)18(21-22-20)15-9-11-16(19)12-10-15/h5-12,18H,2-4H2,1H3. The van der Waals surface area contributed by atoms with Gasteiger partial charge in [0, 0.05) is 16.4 Å². The first kappa shape index (κ1) is 17.9. The van der Waals surface area contributed by atoms with Crippen molar-refractivity contribution in [2.75, 3.05) is 7.11 Å². The number of methoxy groups -OCH3 is 1. The molecule has 0 fully saturated rings. The Morgan fingerprint density at radius 2 is 1.75 bits per heavy atom. The molecule has 0 heterocycles. The van der Waals surface area contributed by atoms with Crippen molar-refractivity contribution < 1.29 is 9.53 Å². The number of nitrogens with zero attached hydrogens (tertiary/aromatic N) is 3. The van der Waals surface area contributed by atoms with Gasteiger partial charge >= 0.3 is 5.97 Å². The molecular weight excluding hydrogens is 326 g/mol. The first-order valence-electron chi connectivity index (χ1n) is 7.59. The minimum absolute atomic E-state index is 0.197. The number of carbonyl (C=O) groups excluding carboxylic acids is 1. The first-order chi connectivity index (χ1) is 11.6. The van der Waals surface area contributed by atoms with Gasteiger partial charge in [-0.2, -0.15) is 0 Å². The van der Waals surface area contributed by atoms with E-state index >= 15 is 0 Å². The predicted molar refractivity (Wildman–Crippen MR) is 93.8 cm³/mol. The molecule has 6 heteroatoms. The molecule has 24 heavy (non-hydrogen) atoms. The number of carbonyl (C=O) groups is 1. The van der Waals surface area contributed by atoms with Crippen molar-refractivity contribution in [1.82, 2.24) is 0 Å². The lowest BCUT2D eigenvalue weighted by Gasteiger charge is -2.13. The molecule has 0 N–H and O–H groups in total. The van der Waals surface area contributed by atoms with E-state index in [0.717, 1.165) is 29.5 Å². The number of azide groups is 1. The molecule has 2 rings (SSSR count). The molecule has 1 unspecified atom stereocenters. The lowest BCUT2D eigenvalue weighted by molar-refractivity contribution is -0.140. The number of ether oxygens (including phenoxy) is 1. The highest BCUT2D eigenvalue weighted by atomic mass is 35.5. The summed E-state index contributed by atoms with van der Waals surface area (Å²) in [6.07, 6.45) is 1.94. The molecule has 0 saturated heterocycles. The van der Waals surface area contributed by atoms with Crippen molar-refractivity contribution in [2.45, 2.75) is 25.3 Å². The molecule has 0 aromatic heterocycles. The number of rotatable bonds is 7. The molecule has 1 atom stereocenters. The van der Waals surface area contributed by atoms with E-state index in [2.05, 4.69) is 14.8 Å². The summed E-state index contributed by atoms with van der Waals surface area (Å²) in [5.74, 6) is -0.197. The molecule has 0 bridgehead atoms. The van der Waals surface area contributed by atoms with Crippen molar-refractivity contribution in [3.8, 4) is 0 Å². The smallest absolute Gasteiger partial charge is 0.305 e. The fraction of sp³-hybridized carbons (Fsp3) is 0.278. The molecule has 0 aliphatic heterocycles. The summed E-state index contributed by atoms with van der Waals surface area (Å²) >= 11 is 5.91. The van der Waals surface area contributed by atoms with E-state index in [0.29, 0.717) is 11.4 Å². The predicted octanol–water partition coefficient (Wildman–Crippen LogP) is 5.24. The van der Waals surface area contributed by atoms with Gasteiger partial charge in [0.15, 0.2) is 0 Å². The highest BCUT2D eigenvalue weighted by molar-refractivity contribution is 6.30. The second kappa shape index (κ2) is 8.96. The average Bonchev–Trinajstić information content (AvgIpc) is 2.61. The zero-order valence-corrected chi connectivity index (χ0v) is 14.1. The Morgan fingerprint density at radius 3 is 2.29 bits per heavy atom. The van der Waals surface area contributed by atoms with E-state index in [9.17, 15) is 4.79 Å². The second-order valence-corrected chi connectivity index (χ2v) is 5.77. The SMILES string of the molecule is COC(=O)CCCc1ccc(C(N=[N+]=[N-])c2ccc(Cl)cc2)cc1. The van der Waals surface area contributed by atoms with Gasteiger partial charge in [-0.1, -0.05) is 53.1 Å². The Labute approximate surface area is 145 Å². The van der Waals surface area contributed by atoms with Gasteiger partial charge in [0.25, 0.3) is 0 Å². The van der Waals surface area contributed by atoms with Crippen LogP contribution in [0.1, 0.15) is 35.6 Å². The minimum atomic E-state index is -0.392. The van der Waals surface area contributed by atoms with Crippen LogP contribution in [0.2, 0.25) is 5.02 Å². The minimum Gasteiger partial charge on any atom is -0.469 e. The van der Waals surface area contributed by atoms with Crippen LogP contribution in [0, 0.1) is 0 Å². The third-order valence-corrected chi connectivity index (χ3v) is 3.97. The fourth-order valence-corrected chi connectivity index (χ4v) is 2.55. The van der Waals surface area contributed by atoms with E-state index in [1.54, 1.807) is 12.1 Å². The number of hydrogen-bond donors (Lipinski definition) is 0. The van der Waals surface area contributed by atoms with Gasteiger partial charge in [-0.15, -0.1) is 0 Å². The Hall–Kier alpha value is -2.49. The molecule has 0 radical (unpaired) electrons. The fourth-order valence-electron chi connectivity index (χ4n) is 2.43. The molecule has 0 aliphatic carbocycles. The van der Waals surface area contributed by atoms with E-state index in [1.807, 2.05) is 36.4 Å². The van der Waals surface area contributed by atoms with Crippen molar-refractivity contribution in [1.29, 1.82) is 0 Å². The number of benzene rings is 2. The van der Waals surface area contributed by atoms with Gasteiger partial charge in [0.05, 0.1) is 13.2 Å². The van der Waals surface area contributed by atoms with Gasteiger partial charge in [-0.25, -0.2) is 0 Å². The van der Waals surface area contributed by atoms with E-state index < -0.39 is 6.04 Å². The van der Waals surface area contributed by atoms with Gasteiger partial charge in [0.1, 0.15) is 0 Å². The van der Waals surface area contributed by atoms with E-state index in [1.165, 1.54) is 7.11 Å². The zero-order valence-electron chi connectivity index (χ0n) is 13.4. The maximum absolute atomic E-state index is 11.1. The van der Waals surface area contributed by atoms with Crippen LogP contribution >= 0.6 is 11.6 Å². The number of hydrogen-bond acceptors (Lipinski definition) is 3. The monoisotopic (exact) mass is 343 g/mol. The normalized spacial score (nSPS) is 11.4. The number of aryl methyl sites for hydroxylation is 1. The number of esters is 1. The lowest BCUT2D eigenvalue weighted by atomic mass is 9.97. The Kier molecular flexibility index (Phi) is 6.67. The largest absolute Gasteiger partial charge is 0.469 e. The quantitative estimate of drug-likeness (QED) is 0.298. The summed E-state index contributed by atoms with van der Waals surface area (Å²) < 4.78 is 4.63. The lowest BCUT2D eigenvalue weighted by Crippen LogP contribution is -2.01. The third-order valence-electron chi connectivity index (χ3n) is 3.72. The van der Waals surface area contributed by atoms with Gasteiger partial charge < -0.3 is 4.74 Å². The Balaban J connectivity index is 2.10. The summed E-state index contributed by atoms with van der Waals surface area (Å²) in [4.78, 5) is 14.1. The molecule has 0 amide bonds. The van der Waals surface area contributed by atoms with E-state index in [-0.39, 0.29) is 5.97 Å². The molecule has 0 aliphatic rings. The number of halogens is 1. The van der Waals surface area contributed by atoms with Crippen molar-refractivity contribution in [2.24, 2.45) is 5.11 Å². The molecule has 2 aromatic carbocycles. The summed E-state index contributed by atoms with van der Waals surface area (Å²) in [6, 6.07) is 14.7. The van der Waals surface area contributed by atoms with Crippen LogP contribution in [-0.2, 0) is 16.0 Å². The highest BCUT2D eigenvalue weighted by Crippen LogP contribution is 2.27. The molecule has 124 valence electrons. The van der Waals surface area contributed by atoms with Crippen LogP contribution in [0.15, 0.2) is 53.6 Å². The van der Waals surface area contributed by atoms with Crippen LogP contribution in [0.4, 0.5) is 0 Å². The Morgan fingerprint density at radius 1 is 1.17 bits per heavy atom. The van der Waals surface area contributed by atoms with E-state index in [4.69, 9.17) is 17.1 Å². The summed E-state index contributed by atoms with van der Waals surface area (Å²) in [7, 11) is 1.39. The summed E-state index contributed by atoms with van der Waals surface area (Å²) in [5.41, 5.74) is 11.8. The topological polar surface area (TPSA) is 75.1 Å². The summed E-state index contributed by atoms with van der Waals surface area (Å²) in [6.45, 7) is 0. The maximum atomic E-state index is 11.1. The second-order valence-electron chi connectivity index (χ2n) is 5.33. The van der Waals surface area contributed by atoms with Crippen molar-refractivity contribution in [3.63, 3.8) is 0 Å². The molecule has 0 saturated carbocycles. The molecular formula is C18H18ClN3O2. The first-order valence-corrected chi connectivity index (χ1v) is 7.97. The Bertz CT molecular complexity index is 723. The van der Waals surface area contributed by atoms with Gasteiger partial charge in [0.2, 0.25) is 0 Å². The highest BCUT2D eigenvalue weighted by Gasteiger charge is 2.12.